The van der Waals surface area contributed by atoms with Crippen molar-refractivity contribution < 1.29 is 23.5 Å². The lowest BCUT2D eigenvalue weighted by molar-refractivity contribution is -0.107. The molecule has 1 aromatic carbocycles. The molecule has 11 heteroatoms. The van der Waals surface area contributed by atoms with Gasteiger partial charge in [-0.25, -0.2) is 9.07 Å². The number of carbonyl (C=O) groups is 2. The molecule has 2 heterocycles. The quantitative estimate of drug-likeness (QED) is 0.336. The van der Waals surface area contributed by atoms with Gasteiger partial charge < -0.3 is 24.9 Å². The largest absolute Gasteiger partial charge is 0.487 e. The van der Waals surface area contributed by atoms with Crippen LogP contribution in [0.2, 0.25) is 0 Å². The van der Waals surface area contributed by atoms with E-state index in [2.05, 4.69) is 39.3 Å². The van der Waals surface area contributed by atoms with E-state index in [4.69, 9.17) is 9.47 Å². The fraction of sp³-hybridized carbons (Fsp3) is 0.481. The summed E-state index contributed by atoms with van der Waals surface area (Å²) in [6.07, 6.45) is 4.71. The Labute approximate surface area is 224 Å². The smallest absolute Gasteiger partial charge is 0.273 e. The lowest BCUT2D eigenvalue weighted by Crippen LogP contribution is -2.41. The number of nitrogens with one attached hydrogen (secondary N) is 2. The Morgan fingerprint density at radius 1 is 1.32 bits per heavy atom. The van der Waals surface area contributed by atoms with E-state index < -0.39 is 0 Å². The Hall–Kier alpha value is -3.41. The van der Waals surface area contributed by atoms with Crippen molar-refractivity contribution in [3.05, 3.63) is 60.2 Å². The number of benzene rings is 1. The first-order chi connectivity index (χ1) is 18.4. The number of aldehydes is 1. The number of rotatable bonds is 11. The van der Waals surface area contributed by atoms with Crippen LogP contribution in [-0.2, 0) is 16.1 Å². The van der Waals surface area contributed by atoms with Crippen molar-refractivity contribution in [2.24, 2.45) is 0 Å². The number of hydrogen-bond acceptors (Lipinski definition) is 8. The zero-order valence-electron chi connectivity index (χ0n) is 22.9. The molecule has 0 radical (unpaired) electrons. The Bertz CT molecular complexity index is 997. The van der Waals surface area contributed by atoms with Gasteiger partial charge >= 0.3 is 0 Å². The van der Waals surface area contributed by atoms with Crippen LogP contribution in [0.15, 0.2) is 43.0 Å². The standard InChI is InChI=1S/C20H26FN5O3.C4H6O.C3H9N/c1-3-15(2)26-18(14-29-17-6-4-5-16(21)13-17)19(23-24-26)20(27)22-7-8-25-9-11-28-12-10-25;1-2-3-4-5;1-3-4-2/h3-6,13H,7-12,14H2,1-2H3,(H,22,27);2,4H,1,3H2;4H,3H2,1-2H3/b15-3+;;. The first-order valence-corrected chi connectivity index (χ1v) is 12.6. The molecule has 0 saturated carbocycles. The highest BCUT2D eigenvalue weighted by molar-refractivity contribution is 5.93. The number of amides is 1. The molecule has 0 spiro atoms. The zero-order chi connectivity index (χ0) is 28.2. The van der Waals surface area contributed by atoms with Crippen LogP contribution in [0.5, 0.6) is 5.75 Å². The van der Waals surface area contributed by atoms with E-state index >= 15 is 0 Å². The summed E-state index contributed by atoms with van der Waals surface area (Å²) in [5, 5.41) is 14.0. The highest BCUT2D eigenvalue weighted by atomic mass is 19.1. The molecule has 210 valence electrons. The minimum atomic E-state index is -0.389. The van der Waals surface area contributed by atoms with Crippen LogP contribution in [-0.4, -0.2) is 85.1 Å². The van der Waals surface area contributed by atoms with E-state index in [0.717, 1.165) is 38.2 Å². The lowest BCUT2D eigenvalue weighted by Gasteiger charge is -2.26. The maximum absolute atomic E-state index is 13.4. The Morgan fingerprint density at radius 2 is 2.03 bits per heavy atom. The lowest BCUT2D eigenvalue weighted by atomic mass is 10.3. The SMILES string of the molecule is C/C=C(\C)n1nnc(C(=O)NCCN2CCOCC2)c1COc1cccc(F)c1.C=CCC=O.CCNC. The van der Waals surface area contributed by atoms with Gasteiger partial charge in [0, 0.05) is 44.4 Å². The van der Waals surface area contributed by atoms with Gasteiger partial charge in [-0.1, -0.05) is 30.4 Å². The molecule has 3 rings (SSSR count). The number of nitrogens with zero attached hydrogens (tertiary/aromatic N) is 4. The molecular formula is C27H41FN6O4. The number of carbonyl (C=O) groups excluding carboxylic acids is 2. The maximum atomic E-state index is 13.4. The third kappa shape index (κ3) is 12.2. The van der Waals surface area contributed by atoms with Crippen LogP contribution >= 0.6 is 0 Å². The van der Waals surface area contributed by atoms with E-state index in [1.54, 1.807) is 22.9 Å². The molecule has 2 aromatic rings. The molecule has 1 aromatic heterocycles. The summed E-state index contributed by atoms with van der Waals surface area (Å²) in [5.41, 5.74) is 1.51. The van der Waals surface area contributed by atoms with Gasteiger partial charge in [0.05, 0.1) is 13.2 Å². The summed E-state index contributed by atoms with van der Waals surface area (Å²) in [6.45, 7) is 14.6. The molecule has 1 amide bonds. The topological polar surface area (TPSA) is 111 Å². The summed E-state index contributed by atoms with van der Waals surface area (Å²) in [6, 6.07) is 5.85. The van der Waals surface area contributed by atoms with Gasteiger partial charge in [-0.15, -0.1) is 11.7 Å². The van der Waals surface area contributed by atoms with Crippen LogP contribution in [0.1, 0.15) is 43.4 Å². The van der Waals surface area contributed by atoms with Crippen LogP contribution < -0.4 is 15.4 Å². The number of ether oxygens (including phenoxy) is 2. The van der Waals surface area contributed by atoms with Gasteiger partial charge in [-0.05, 0) is 39.6 Å². The molecule has 0 aliphatic carbocycles. The van der Waals surface area contributed by atoms with Crippen molar-refractivity contribution in [1.82, 2.24) is 30.5 Å². The first-order valence-electron chi connectivity index (χ1n) is 12.6. The van der Waals surface area contributed by atoms with E-state index in [1.165, 1.54) is 12.1 Å². The Kier molecular flexibility index (Phi) is 16.9. The minimum absolute atomic E-state index is 0.0356. The maximum Gasteiger partial charge on any atom is 0.273 e. The van der Waals surface area contributed by atoms with Crippen molar-refractivity contribution >= 4 is 17.9 Å². The van der Waals surface area contributed by atoms with Crippen molar-refractivity contribution in [2.75, 3.05) is 53.0 Å². The number of allylic oxidation sites excluding steroid dienone is 3. The number of morpholine rings is 1. The van der Waals surface area contributed by atoms with Gasteiger partial charge in [0.15, 0.2) is 5.69 Å². The second kappa shape index (κ2) is 19.7. The van der Waals surface area contributed by atoms with E-state index in [0.29, 0.717) is 37.6 Å². The highest BCUT2D eigenvalue weighted by Gasteiger charge is 2.21. The summed E-state index contributed by atoms with van der Waals surface area (Å²) in [5.74, 6) is -0.333. The molecule has 10 nitrogen and oxygen atoms in total. The van der Waals surface area contributed by atoms with Gasteiger partial charge in [0.1, 0.15) is 30.2 Å². The summed E-state index contributed by atoms with van der Waals surface area (Å²) >= 11 is 0. The van der Waals surface area contributed by atoms with Gasteiger partial charge in [0.25, 0.3) is 5.91 Å². The molecule has 0 atom stereocenters. The van der Waals surface area contributed by atoms with Crippen LogP contribution in [0.3, 0.4) is 0 Å². The summed E-state index contributed by atoms with van der Waals surface area (Å²) in [4.78, 5) is 24.3. The Balaban J connectivity index is 0.000000694. The van der Waals surface area contributed by atoms with Crippen molar-refractivity contribution in [3.63, 3.8) is 0 Å². The number of aromatic nitrogens is 3. The predicted molar refractivity (Wildman–Crippen MR) is 146 cm³/mol. The van der Waals surface area contributed by atoms with Crippen molar-refractivity contribution in [1.29, 1.82) is 0 Å². The highest BCUT2D eigenvalue weighted by Crippen LogP contribution is 2.17. The second-order valence-corrected chi connectivity index (χ2v) is 8.08. The fourth-order valence-corrected chi connectivity index (χ4v) is 3.03. The van der Waals surface area contributed by atoms with Crippen molar-refractivity contribution in [2.45, 2.75) is 33.8 Å². The molecule has 2 N–H and O–H groups in total. The zero-order valence-corrected chi connectivity index (χ0v) is 22.9. The van der Waals surface area contributed by atoms with Crippen LogP contribution in [0, 0.1) is 5.82 Å². The number of hydrogen-bond donors (Lipinski definition) is 2. The van der Waals surface area contributed by atoms with E-state index in [1.807, 2.05) is 27.0 Å². The molecule has 38 heavy (non-hydrogen) atoms. The van der Waals surface area contributed by atoms with Gasteiger partial charge in [-0.3, -0.25) is 9.69 Å². The first kappa shape index (κ1) is 32.6. The Morgan fingerprint density at radius 3 is 2.58 bits per heavy atom. The molecule has 1 saturated heterocycles. The van der Waals surface area contributed by atoms with E-state index in [9.17, 15) is 14.0 Å². The normalized spacial score (nSPS) is 13.3. The molecule has 0 unspecified atom stereocenters. The summed E-state index contributed by atoms with van der Waals surface area (Å²) < 4.78 is 26.0. The fourth-order valence-electron chi connectivity index (χ4n) is 3.03. The predicted octanol–water partition coefficient (Wildman–Crippen LogP) is 2.93. The molecule has 0 bridgehead atoms. The summed E-state index contributed by atoms with van der Waals surface area (Å²) in [7, 11) is 1.93. The number of halogens is 1. The molecular weight excluding hydrogens is 491 g/mol. The van der Waals surface area contributed by atoms with Crippen molar-refractivity contribution in [3.8, 4) is 5.75 Å². The van der Waals surface area contributed by atoms with Crippen LogP contribution in [0.4, 0.5) is 4.39 Å². The molecule has 1 aliphatic heterocycles. The monoisotopic (exact) mass is 532 g/mol. The van der Waals surface area contributed by atoms with Crippen LogP contribution in [0.25, 0.3) is 5.70 Å². The average molecular weight is 533 g/mol. The average Bonchev–Trinajstić information content (AvgIpc) is 3.37. The third-order valence-electron chi connectivity index (χ3n) is 5.34. The molecule has 1 aliphatic rings. The third-order valence-corrected chi connectivity index (χ3v) is 5.34. The minimum Gasteiger partial charge on any atom is -0.487 e. The van der Waals surface area contributed by atoms with Gasteiger partial charge in [-0.2, -0.15) is 0 Å². The second-order valence-electron chi connectivity index (χ2n) is 8.08. The van der Waals surface area contributed by atoms with Gasteiger partial charge in [0.2, 0.25) is 0 Å². The molecule has 1 fully saturated rings. The van der Waals surface area contributed by atoms with E-state index in [-0.39, 0.29) is 24.0 Å².